The van der Waals surface area contributed by atoms with Gasteiger partial charge in [-0.1, -0.05) is 36.4 Å². The summed E-state index contributed by atoms with van der Waals surface area (Å²) in [6, 6.07) is 11.5. The Hall–Kier alpha value is -2.34. The monoisotopic (exact) mass is 323 g/mol. The Kier molecular flexibility index (Phi) is 5.05. The van der Waals surface area contributed by atoms with E-state index < -0.39 is 23.8 Å². The van der Waals surface area contributed by atoms with Gasteiger partial charge in [0.15, 0.2) is 0 Å². The fraction of sp³-hybridized carbons (Fsp3) is 0.235. The Morgan fingerprint density at radius 1 is 1.09 bits per heavy atom. The first-order chi connectivity index (χ1) is 10.8. The predicted octanol–water partition coefficient (Wildman–Crippen LogP) is 3.77. The third kappa shape index (κ3) is 4.82. The zero-order valence-electron chi connectivity index (χ0n) is 12.2. The highest BCUT2D eigenvalue weighted by molar-refractivity contribution is 5.67. The van der Waals surface area contributed by atoms with Crippen molar-refractivity contribution < 1.29 is 23.1 Å². The van der Waals surface area contributed by atoms with Crippen LogP contribution in [0.5, 0.6) is 0 Å². The summed E-state index contributed by atoms with van der Waals surface area (Å²) in [4.78, 5) is 10.7. The molecule has 0 aliphatic heterocycles. The van der Waals surface area contributed by atoms with Gasteiger partial charge in [0.2, 0.25) is 0 Å². The average molecular weight is 323 g/mol. The van der Waals surface area contributed by atoms with E-state index in [1.165, 1.54) is 12.1 Å². The van der Waals surface area contributed by atoms with E-state index in [1.54, 1.807) is 18.2 Å². The minimum Gasteiger partial charge on any atom is -0.481 e. The zero-order chi connectivity index (χ0) is 17.0. The minimum atomic E-state index is -4.35. The van der Waals surface area contributed by atoms with Gasteiger partial charge in [-0.25, -0.2) is 0 Å². The number of benzene rings is 2. The number of nitrogens with two attached hydrogens (primary N) is 1. The van der Waals surface area contributed by atoms with E-state index in [2.05, 4.69) is 0 Å². The van der Waals surface area contributed by atoms with E-state index in [9.17, 15) is 18.0 Å². The second-order valence-corrected chi connectivity index (χ2v) is 5.32. The first-order valence-corrected chi connectivity index (χ1v) is 6.98. The third-order valence-corrected chi connectivity index (χ3v) is 3.46. The molecule has 0 aromatic heterocycles. The lowest BCUT2D eigenvalue weighted by atomic mass is 9.98. The van der Waals surface area contributed by atoms with Gasteiger partial charge in [0, 0.05) is 6.04 Å². The average Bonchev–Trinajstić information content (AvgIpc) is 2.46. The number of rotatable bonds is 5. The van der Waals surface area contributed by atoms with Crippen LogP contribution in [-0.4, -0.2) is 11.1 Å². The molecule has 23 heavy (non-hydrogen) atoms. The fourth-order valence-electron chi connectivity index (χ4n) is 2.29. The molecule has 122 valence electrons. The van der Waals surface area contributed by atoms with Crippen molar-refractivity contribution in [1.82, 2.24) is 0 Å². The van der Waals surface area contributed by atoms with Crippen molar-refractivity contribution in [2.75, 3.05) is 0 Å². The van der Waals surface area contributed by atoms with Gasteiger partial charge < -0.3 is 10.8 Å². The zero-order valence-corrected chi connectivity index (χ0v) is 12.2. The molecular formula is C17H16F3NO2. The van der Waals surface area contributed by atoms with E-state index in [4.69, 9.17) is 10.8 Å². The van der Waals surface area contributed by atoms with Crippen LogP contribution in [-0.2, 0) is 17.4 Å². The second-order valence-electron chi connectivity index (χ2n) is 5.32. The van der Waals surface area contributed by atoms with Gasteiger partial charge >= 0.3 is 12.1 Å². The van der Waals surface area contributed by atoms with Crippen LogP contribution in [0.3, 0.4) is 0 Å². The highest BCUT2D eigenvalue weighted by Crippen LogP contribution is 2.29. The molecule has 3 N–H and O–H groups in total. The van der Waals surface area contributed by atoms with Crippen molar-refractivity contribution >= 4 is 5.97 Å². The Labute approximate surface area is 131 Å². The van der Waals surface area contributed by atoms with Crippen molar-refractivity contribution in [1.29, 1.82) is 0 Å². The molecule has 0 spiro atoms. The summed E-state index contributed by atoms with van der Waals surface area (Å²) in [5.41, 5.74) is 7.43. The van der Waals surface area contributed by atoms with Crippen molar-refractivity contribution in [2.24, 2.45) is 5.73 Å². The van der Waals surface area contributed by atoms with Gasteiger partial charge in [0.05, 0.1) is 12.0 Å². The van der Waals surface area contributed by atoms with E-state index in [1.807, 2.05) is 6.07 Å². The maximum Gasteiger partial charge on any atom is 0.416 e. The molecule has 0 saturated heterocycles. The molecule has 2 aromatic rings. The summed E-state index contributed by atoms with van der Waals surface area (Å²) in [6.45, 7) is 0. The van der Waals surface area contributed by atoms with Crippen LogP contribution in [0.25, 0.3) is 0 Å². The highest BCUT2D eigenvalue weighted by Gasteiger charge is 2.29. The molecule has 6 heteroatoms. The Balaban J connectivity index is 2.13. The van der Waals surface area contributed by atoms with Crippen LogP contribution in [0.1, 0.15) is 34.7 Å². The SMILES string of the molecule is N[C@@H](CC(=O)O)c1cccc(Cc2ccc(C(F)(F)F)cc2)c1. The molecule has 2 rings (SSSR count). The van der Waals surface area contributed by atoms with Gasteiger partial charge in [0.1, 0.15) is 0 Å². The molecule has 1 atom stereocenters. The standard InChI is InChI=1S/C17H16F3NO2/c18-17(19,20)14-6-4-11(5-7-14)8-12-2-1-3-13(9-12)15(21)10-16(22)23/h1-7,9,15H,8,10,21H2,(H,22,23)/t15-/m0/s1. The van der Waals surface area contributed by atoms with Crippen molar-refractivity contribution in [2.45, 2.75) is 25.1 Å². The topological polar surface area (TPSA) is 63.3 Å². The minimum absolute atomic E-state index is 0.177. The molecule has 0 fully saturated rings. The normalized spacial score (nSPS) is 12.9. The summed E-state index contributed by atoms with van der Waals surface area (Å²) in [5.74, 6) is -0.981. The highest BCUT2D eigenvalue weighted by atomic mass is 19.4. The van der Waals surface area contributed by atoms with Crippen molar-refractivity contribution in [3.05, 3.63) is 70.8 Å². The molecule has 0 aliphatic rings. The van der Waals surface area contributed by atoms with Gasteiger partial charge in [-0.15, -0.1) is 0 Å². The van der Waals surface area contributed by atoms with Crippen molar-refractivity contribution in [3.8, 4) is 0 Å². The molecule has 0 radical (unpaired) electrons. The molecular weight excluding hydrogens is 307 g/mol. The largest absolute Gasteiger partial charge is 0.481 e. The van der Waals surface area contributed by atoms with Crippen molar-refractivity contribution in [3.63, 3.8) is 0 Å². The molecule has 0 aliphatic carbocycles. The number of carbonyl (C=O) groups is 1. The lowest BCUT2D eigenvalue weighted by Gasteiger charge is -2.12. The number of hydrogen-bond acceptors (Lipinski definition) is 2. The van der Waals surface area contributed by atoms with Crippen LogP contribution in [0.4, 0.5) is 13.2 Å². The summed E-state index contributed by atoms with van der Waals surface area (Å²) >= 11 is 0. The van der Waals surface area contributed by atoms with Gasteiger partial charge in [0.25, 0.3) is 0 Å². The number of aliphatic carboxylic acids is 1. The number of carboxylic acid groups (broad SMARTS) is 1. The smallest absolute Gasteiger partial charge is 0.416 e. The number of carboxylic acids is 1. The number of alkyl halides is 3. The lowest BCUT2D eigenvalue weighted by Crippen LogP contribution is -2.15. The van der Waals surface area contributed by atoms with E-state index in [0.717, 1.165) is 23.3 Å². The first-order valence-electron chi connectivity index (χ1n) is 6.98. The maximum absolute atomic E-state index is 12.5. The quantitative estimate of drug-likeness (QED) is 0.880. The van der Waals surface area contributed by atoms with Gasteiger partial charge in [-0.3, -0.25) is 4.79 Å². The lowest BCUT2D eigenvalue weighted by molar-refractivity contribution is -0.138. The number of halogens is 3. The molecule has 0 heterocycles. The Morgan fingerprint density at radius 3 is 2.30 bits per heavy atom. The molecule has 2 aromatic carbocycles. The predicted molar refractivity (Wildman–Crippen MR) is 79.9 cm³/mol. The van der Waals surface area contributed by atoms with Crippen LogP contribution >= 0.6 is 0 Å². The van der Waals surface area contributed by atoms with Crippen LogP contribution in [0.2, 0.25) is 0 Å². The fourth-order valence-corrected chi connectivity index (χ4v) is 2.29. The van der Waals surface area contributed by atoms with Crippen LogP contribution in [0.15, 0.2) is 48.5 Å². The number of hydrogen-bond donors (Lipinski definition) is 2. The van der Waals surface area contributed by atoms with Crippen LogP contribution in [0, 0.1) is 0 Å². The van der Waals surface area contributed by atoms with Gasteiger partial charge in [-0.05, 0) is 35.2 Å². The second kappa shape index (κ2) is 6.83. The molecule has 0 bridgehead atoms. The van der Waals surface area contributed by atoms with E-state index >= 15 is 0 Å². The van der Waals surface area contributed by atoms with Crippen LogP contribution < -0.4 is 5.73 Å². The van der Waals surface area contributed by atoms with E-state index in [-0.39, 0.29) is 6.42 Å². The maximum atomic E-state index is 12.5. The summed E-state index contributed by atoms with van der Waals surface area (Å²) in [6.07, 6.45) is -4.07. The summed E-state index contributed by atoms with van der Waals surface area (Å²) in [7, 11) is 0. The molecule has 0 amide bonds. The summed E-state index contributed by atoms with van der Waals surface area (Å²) < 4.78 is 37.6. The summed E-state index contributed by atoms with van der Waals surface area (Å²) in [5, 5.41) is 8.77. The first kappa shape index (κ1) is 17.0. The van der Waals surface area contributed by atoms with Gasteiger partial charge in [-0.2, -0.15) is 13.2 Å². The Bertz CT molecular complexity index is 681. The third-order valence-electron chi connectivity index (χ3n) is 3.46. The molecule has 3 nitrogen and oxygen atoms in total. The molecule has 0 saturated carbocycles. The Morgan fingerprint density at radius 2 is 1.74 bits per heavy atom. The molecule has 0 unspecified atom stereocenters. The van der Waals surface area contributed by atoms with E-state index in [0.29, 0.717) is 12.0 Å².